The van der Waals surface area contributed by atoms with Crippen LogP contribution in [0.25, 0.3) is 33.5 Å². The highest BCUT2D eigenvalue weighted by molar-refractivity contribution is 7.07. The lowest BCUT2D eigenvalue weighted by Crippen LogP contribution is -2.06. The molecule has 4 aromatic heterocycles. The molecule has 0 N–H and O–H groups in total. The largest absolute Gasteiger partial charge is 0.491 e. The van der Waals surface area contributed by atoms with Gasteiger partial charge in [-0.2, -0.15) is 5.10 Å². The van der Waals surface area contributed by atoms with Gasteiger partial charge in [0.2, 0.25) is 0 Å². The average molecular weight is 445 g/mol. The third-order valence-electron chi connectivity index (χ3n) is 5.05. The van der Waals surface area contributed by atoms with Gasteiger partial charge in [-0.25, -0.2) is 19.9 Å². The van der Waals surface area contributed by atoms with Crippen molar-refractivity contribution in [2.45, 2.75) is 13.0 Å². The third-order valence-corrected chi connectivity index (χ3v) is 5.65. The molecular formula is C23H20N6O2S. The second-order valence-electron chi connectivity index (χ2n) is 7.19. The number of pyridine rings is 1. The molecule has 1 atom stereocenters. The first-order valence-electron chi connectivity index (χ1n) is 9.98. The van der Waals surface area contributed by atoms with Crippen LogP contribution in [-0.2, 0) is 7.05 Å². The van der Waals surface area contributed by atoms with Crippen LogP contribution < -0.4 is 9.47 Å². The SMILES string of the molecule is COc1cc2ncnc(-c3cn(C)nc3-c3ccccc3)c2nc1OC(C)c1cscn1. The van der Waals surface area contributed by atoms with E-state index in [-0.39, 0.29) is 6.10 Å². The molecule has 0 saturated carbocycles. The minimum absolute atomic E-state index is 0.286. The van der Waals surface area contributed by atoms with Crippen molar-refractivity contribution in [2.24, 2.45) is 7.05 Å². The molecule has 0 radical (unpaired) electrons. The number of aromatic nitrogens is 6. The van der Waals surface area contributed by atoms with Gasteiger partial charge in [-0.3, -0.25) is 4.68 Å². The van der Waals surface area contributed by atoms with Gasteiger partial charge in [0.25, 0.3) is 5.88 Å². The van der Waals surface area contributed by atoms with Gasteiger partial charge >= 0.3 is 0 Å². The summed E-state index contributed by atoms with van der Waals surface area (Å²) in [5.74, 6) is 0.861. The Kier molecular flexibility index (Phi) is 5.24. The van der Waals surface area contributed by atoms with Crippen LogP contribution in [0.5, 0.6) is 11.6 Å². The Labute approximate surface area is 188 Å². The van der Waals surface area contributed by atoms with Gasteiger partial charge in [0.1, 0.15) is 29.3 Å². The fraction of sp³-hybridized carbons (Fsp3) is 0.174. The van der Waals surface area contributed by atoms with E-state index in [4.69, 9.17) is 14.5 Å². The zero-order chi connectivity index (χ0) is 22.1. The Bertz CT molecular complexity index is 1370. The van der Waals surface area contributed by atoms with E-state index in [9.17, 15) is 0 Å². The van der Waals surface area contributed by atoms with Gasteiger partial charge in [0.15, 0.2) is 5.75 Å². The lowest BCUT2D eigenvalue weighted by molar-refractivity contribution is 0.203. The number of hydrogen-bond acceptors (Lipinski definition) is 8. The van der Waals surface area contributed by atoms with Gasteiger partial charge in [-0.1, -0.05) is 30.3 Å². The van der Waals surface area contributed by atoms with Gasteiger partial charge < -0.3 is 9.47 Å². The molecule has 32 heavy (non-hydrogen) atoms. The molecule has 0 aliphatic carbocycles. The fourth-order valence-corrected chi connectivity index (χ4v) is 4.14. The number of aryl methyl sites for hydroxylation is 1. The molecule has 0 amide bonds. The molecule has 5 rings (SSSR count). The summed E-state index contributed by atoms with van der Waals surface area (Å²) in [7, 11) is 3.47. The van der Waals surface area contributed by atoms with E-state index in [0.717, 1.165) is 22.5 Å². The summed E-state index contributed by atoms with van der Waals surface area (Å²) in [5.41, 5.74) is 7.24. The Morgan fingerprint density at radius 1 is 1.06 bits per heavy atom. The minimum Gasteiger partial charge on any atom is -0.491 e. The fourth-order valence-electron chi connectivity index (χ4n) is 3.50. The van der Waals surface area contributed by atoms with E-state index in [1.165, 1.54) is 17.7 Å². The monoisotopic (exact) mass is 444 g/mol. The second kappa shape index (κ2) is 8.35. The van der Waals surface area contributed by atoms with Crippen LogP contribution in [0.15, 0.2) is 59.8 Å². The smallest absolute Gasteiger partial charge is 0.258 e. The molecule has 0 bridgehead atoms. The minimum atomic E-state index is -0.286. The predicted octanol–water partition coefficient (Wildman–Crippen LogP) is 4.70. The van der Waals surface area contributed by atoms with Crippen molar-refractivity contribution in [3.05, 3.63) is 65.5 Å². The molecule has 0 fully saturated rings. The van der Waals surface area contributed by atoms with Crippen LogP contribution in [0, 0.1) is 0 Å². The summed E-state index contributed by atoms with van der Waals surface area (Å²) < 4.78 is 13.4. The molecular weight excluding hydrogens is 424 g/mol. The molecule has 0 saturated heterocycles. The van der Waals surface area contributed by atoms with Crippen molar-refractivity contribution in [3.8, 4) is 34.1 Å². The van der Waals surface area contributed by atoms with E-state index < -0.39 is 0 Å². The third kappa shape index (κ3) is 3.67. The molecule has 5 aromatic rings. The van der Waals surface area contributed by atoms with Crippen LogP contribution in [0.2, 0.25) is 0 Å². The van der Waals surface area contributed by atoms with Crippen molar-refractivity contribution in [1.82, 2.24) is 29.7 Å². The molecule has 4 heterocycles. The van der Waals surface area contributed by atoms with Gasteiger partial charge in [-0.05, 0) is 6.92 Å². The zero-order valence-corrected chi connectivity index (χ0v) is 18.6. The number of thiazole rings is 1. The second-order valence-corrected chi connectivity index (χ2v) is 7.91. The van der Waals surface area contributed by atoms with E-state index in [0.29, 0.717) is 28.4 Å². The Morgan fingerprint density at radius 3 is 2.66 bits per heavy atom. The molecule has 160 valence electrons. The Hall–Kier alpha value is -3.85. The highest BCUT2D eigenvalue weighted by Gasteiger charge is 2.21. The van der Waals surface area contributed by atoms with Crippen molar-refractivity contribution in [3.63, 3.8) is 0 Å². The number of rotatable bonds is 6. The zero-order valence-electron chi connectivity index (χ0n) is 17.8. The Morgan fingerprint density at radius 2 is 1.91 bits per heavy atom. The first-order chi connectivity index (χ1) is 15.6. The summed E-state index contributed by atoms with van der Waals surface area (Å²) in [6, 6.07) is 11.8. The molecule has 1 aromatic carbocycles. The van der Waals surface area contributed by atoms with Crippen LogP contribution in [0.3, 0.4) is 0 Å². The Balaban J connectivity index is 1.66. The van der Waals surface area contributed by atoms with Crippen molar-refractivity contribution >= 4 is 22.4 Å². The van der Waals surface area contributed by atoms with Crippen LogP contribution >= 0.6 is 11.3 Å². The maximum atomic E-state index is 6.13. The standard InChI is InChI=1S/C23H20N6O2S/c1-14(18-11-32-13-26-18)31-23-19(30-3)9-17-22(27-23)21(25-12-24-17)16-10-29(2)28-20(16)15-7-5-4-6-8-15/h4-14H,1-3H3. The quantitative estimate of drug-likeness (QED) is 0.375. The van der Waals surface area contributed by atoms with Crippen molar-refractivity contribution in [2.75, 3.05) is 7.11 Å². The van der Waals surface area contributed by atoms with Crippen LogP contribution in [0.4, 0.5) is 0 Å². The van der Waals surface area contributed by atoms with Crippen LogP contribution in [0.1, 0.15) is 18.7 Å². The molecule has 8 nitrogen and oxygen atoms in total. The molecule has 0 aliphatic rings. The van der Waals surface area contributed by atoms with Gasteiger partial charge in [-0.15, -0.1) is 11.3 Å². The van der Waals surface area contributed by atoms with E-state index >= 15 is 0 Å². The summed E-state index contributed by atoms with van der Waals surface area (Å²) in [6.07, 6.45) is 3.18. The number of ether oxygens (including phenoxy) is 2. The number of benzene rings is 1. The van der Waals surface area contributed by atoms with Gasteiger partial charge in [0.05, 0.1) is 23.8 Å². The first-order valence-corrected chi connectivity index (χ1v) is 10.9. The number of fused-ring (bicyclic) bond motifs is 1. The first kappa shape index (κ1) is 20.1. The predicted molar refractivity (Wildman–Crippen MR) is 123 cm³/mol. The van der Waals surface area contributed by atoms with Crippen LogP contribution in [-0.4, -0.2) is 36.8 Å². The van der Waals surface area contributed by atoms with E-state index in [1.54, 1.807) is 17.3 Å². The van der Waals surface area contributed by atoms with Crippen molar-refractivity contribution < 1.29 is 9.47 Å². The van der Waals surface area contributed by atoms with Gasteiger partial charge in [0, 0.05) is 35.8 Å². The number of nitrogens with zero attached hydrogens (tertiary/aromatic N) is 6. The molecule has 9 heteroatoms. The highest BCUT2D eigenvalue weighted by Crippen LogP contribution is 2.37. The highest BCUT2D eigenvalue weighted by atomic mass is 32.1. The maximum absolute atomic E-state index is 6.13. The van der Waals surface area contributed by atoms with E-state index in [2.05, 4.69) is 20.1 Å². The van der Waals surface area contributed by atoms with Crippen molar-refractivity contribution in [1.29, 1.82) is 0 Å². The summed E-state index contributed by atoms with van der Waals surface area (Å²) in [6.45, 7) is 1.93. The molecule has 0 aliphatic heterocycles. The average Bonchev–Trinajstić information content (AvgIpc) is 3.49. The molecule has 1 unspecified atom stereocenters. The number of methoxy groups -OCH3 is 1. The lowest BCUT2D eigenvalue weighted by Gasteiger charge is -2.15. The topological polar surface area (TPSA) is 87.8 Å². The normalized spacial score (nSPS) is 12.1. The maximum Gasteiger partial charge on any atom is 0.258 e. The van der Waals surface area contributed by atoms with E-state index in [1.807, 2.05) is 61.9 Å². The summed E-state index contributed by atoms with van der Waals surface area (Å²) in [5, 5.41) is 6.62. The summed E-state index contributed by atoms with van der Waals surface area (Å²) >= 11 is 1.52. The lowest BCUT2D eigenvalue weighted by atomic mass is 10.0. The number of hydrogen-bond donors (Lipinski definition) is 0. The molecule has 0 spiro atoms. The summed E-state index contributed by atoms with van der Waals surface area (Å²) in [4.78, 5) is 18.1.